The number of rotatable bonds is 8. The minimum atomic E-state index is -3.26. The first-order valence-corrected chi connectivity index (χ1v) is 11.9. The molecule has 148 valence electrons. The molecule has 1 fully saturated rings. The highest BCUT2D eigenvalue weighted by molar-refractivity contribution is 7.88. The number of carbonyl (C=O) groups excluding carboxylic acids is 1. The Kier molecular flexibility index (Phi) is 7.87. The van der Waals surface area contributed by atoms with Crippen molar-refractivity contribution < 1.29 is 13.2 Å². The van der Waals surface area contributed by atoms with Gasteiger partial charge in [-0.15, -0.1) is 0 Å². The third-order valence-corrected chi connectivity index (χ3v) is 6.18. The summed E-state index contributed by atoms with van der Waals surface area (Å²) in [5, 5.41) is 7.23. The fraction of sp³-hybridized carbons (Fsp3) is 0.706. The van der Waals surface area contributed by atoms with Gasteiger partial charge in [-0.05, 0) is 48.3 Å². The minimum Gasteiger partial charge on any atom is -0.336 e. The number of carbonyl (C=O) groups is 1. The monoisotopic (exact) mass is 402 g/mol. The number of amides is 2. The number of likely N-dealkylation sites (tertiary alicyclic amines) is 1. The van der Waals surface area contributed by atoms with E-state index in [9.17, 15) is 13.2 Å². The lowest BCUT2D eigenvalue weighted by Gasteiger charge is -2.34. The predicted octanol–water partition coefficient (Wildman–Crippen LogP) is 1.85. The maximum Gasteiger partial charge on any atom is 0.317 e. The van der Waals surface area contributed by atoms with E-state index in [1.807, 2.05) is 0 Å². The third kappa shape index (κ3) is 6.22. The highest BCUT2D eigenvalue weighted by atomic mass is 32.2. The minimum absolute atomic E-state index is 0.127. The Balaban J connectivity index is 1.95. The highest BCUT2D eigenvalue weighted by Gasteiger charge is 2.26. The van der Waals surface area contributed by atoms with E-state index in [2.05, 4.69) is 45.6 Å². The normalized spacial score (nSPS) is 19.5. The van der Waals surface area contributed by atoms with E-state index in [-0.39, 0.29) is 18.1 Å². The van der Waals surface area contributed by atoms with Gasteiger partial charge in [0.15, 0.2) is 0 Å². The second-order valence-corrected chi connectivity index (χ2v) is 9.21. The molecule has 2 amide bonds. The Bertz CT molecular complexity index is 660. The number of likely N-dealkylation sites (N-methyl/N-ethyl adjacent to an activating group) is 1. The average Bonchev–Trinajstić information content (AvgIpc) is 3.11. The van der Waals surface area contributed by atoms with Crippen molar-refractivity contribution in [1.29, 1.82) is 0 Å². The van der Waals surface area contributed by atoms with Gasteiger partial charge in [0.2, 0.25) is 10.0 Å². The van der Waals surface area contributed by atoms with Gasteiger partial charge in [0, 0.05) is 25.7 Å². The van der Waals surface area contributed by atoms with Crippen LogP contribution < -0.4 is 10.0 Å². The fourth-order valence-corrected chi connectivity index (χ4v) is 4.95. The van der Waals surface area contributed by atoms with Gasteiger partial charge in [0.05, 0.1) is 12.3 Å². The number of nitrogens with one attached hydrogen (secondary N) is 2. The molecule has 2 atom stereocenters. The first-order valence-electron chi connectivity index (χ1n) is 9.10. The zero-order chi connectivity index (χ0) is 19.2. The van der Waals surface area contributed by atoms with E-state index in [0.29, 0.717) is 19.6 Å². The summed E-state index contributed by atoms with van der Waals surface area (Å²) in [4.78, 5) is 16.6. The van der Waals surface area contributed by atoms with Crippen molar-refractivity contribution in [2.24, 2.45) is 0 Å². The largest absolute Gasteiger partial charge is 0.336 e. The van der Waals surface area contributed by atoms with Crippen LogP contribution in [0.1, 0.15) is 38.3 Å². The number of urea groups is 1. The Morgan fingerprint density at radius 1 is 1.42 bits per heavy atom. The molecular weight excluding hydrogens is 372 g/mol. The fourth-order valence-electron chi connectivity index (χ4n) is 3.44. The molecule has 2 rings (SSSR count). The van der Waals surface area contributed by atoms with Crippen molar-refractivity contribution in [3.05, 3.63) is 22.4 Å². The third-order valence-electron chi connectivity index (χ3n) is 4.72. The van der Waals surface area contributed by atoms with Gasteiger partial charge in [0.1, 0.15) is 0 Å². The van der Waals surface area contributed by atoms with Crippen molar-refractivity contribution in [1.82, 2.24) is 19.8 Å². The van der Waals surface area contributed by atoms with Crippen LogP contribution in [0.15, 0.2) is 16.8 Å². The molecule has 1 aromatic rings. The van der Waals surface area contributed by atoms with E-state index in [0.717, 1.165) is 32.2 Å². The Morgan fingerprint density at radius 3 is 2.73 bits per heavy atom. The molecule has 9 heteroatoms. The van der Waals surface area contributed by atoms with Gasteiger partial charge in [-0.1, -0.05) is 13.8 Å². The van der Waals surface area contributed by atoms with Gasteiger partial charge in [-0.2, -0.15) is 11.3 Å². The number of piperidine rings is 1. The Hall–Kier alpha value is -1.16. The highest BCUT2D eigenvalue weighted by Crippen LogP contribution is 2.22. The van der Waals surface area contributed by atoms with Crippen LogP contribution in [0.5, 0.6) is 0 Å². The maximum absolute atomic E-state index is 12.6. The smallest absolute Gasteiger partial charge is 0.317 e. The SMILES string of the molecule is CCN(CC)C(CNC(=O)N1CCCC(NS(C)(=O)=O)C1)c1ccsc1. The van der Waals surface area contributed by atoms with Gasteiger partial charge in [0.25, 0.3) is 0 Å². The van der Waals surface area contributed by atoms with Crippen molar-refractivity contribution in [2.45, 2.75) is 38.8 Å². The summed E-state index contributed by atoms with van der Waals surface area (Å²) in [6.07, 6.45) is 2.71. The predicted molar refractivity (Wildman–Crippen MR) is 106 cm³/mol. The molecular formula is C17H30N4O3S2. The van der Waals surface area contributed by atoms with Gasteiger partial charge >= 0.3 is 6.03 Å². The van der Waals surface area contributed by atoms with E-state index in [1.54, 1.807) is 16.2 Å². The molecule has 2 N–H and O–H groups in total. The summed E-state index contributed by atoms with van der Waals surface area (Å²) < 4.78 is 25.5. The number of thiophene rings is 1. The van der Waals surface area contributed by atoms with Crippen LogP contribution >= 0.6 is 11.3 Å². The molecule has 1 aliphatic rings. The zero-order valence-electron chi connectivity index (χ0n) is 15.8. The van der Waals surface area contributed by atoms with Crippen LogP contribution in [-0.2, 0) is 10.0 Å². The molecule has 2 unspecified atom stereocenters. The second kappa shape index (κ2) is 9.68. The molecule has 26 heavy (non-hydrogen) atoms. The summed E-state index contributed by atoms with van der Waals surface area (Å²) in [5.41, 5.74) is 1.22. The van der Waals surface area contributed by atoms with Crippen LogP contribution in [-0.4, -0.2) is 69.3 Å². The molecule has 1 aliphatic heterocycles. The summed E-state index contributed by atoms with van der Waals surface area (Å²) in [6.45, 7) is 7.68. The van der Waals surface area contributed by atoms with Crippen LogP contribution in [0.2, 0.25) is 0 Å². The number of sulfonamides is 1. The van der Waals surface area contributed by atoms with E-state index < -0.39 is 10.0 Å². The van der Waals surface area contributed by atoms with Gasteiger partial charge in [-0.25, -0.2) is 17.9 Å². The quantitative estimate of drug-likeness (QED) is 0.695. The molecule has 1 saturated heterocycles. The maximum atomic E-state index is 12.6. The first-order chi connectivity index (χ1) is 12.3. The van der Waals surface area contributed by atoms with E-state index in [1.165, 1.54) is 5.56 Å². The molecule has 0 bridgehead atoms. The Morgan fingerprint density at radius 2 is 2.15 bits per heavy atom. The van der Waals surface area contributed by atoms with Crippen LogP contribution in [0.4, 0.5) is 4.79 Å². The molecule has 0 saturated carbocycles. The molecule has 0 aliphatic carbocycles. The summed E-state index contributed by atoms with van der Waals surface area (Å²) in [7, 11) is -3.26. The van der Waals surface area contributed by atoms with Crippen molar-refractivity contribution in [3.8, 4) is 0 Å². The lowest BCUT2D eigenvalue weighted by atomic mass is 10.1. The molecule has 7 nitrogen and oxygen atoms in total. The van der Waals surface area contributed by atoms with Crippen LogP contribution in [0.25, 0.3) is 0 Å². The van der Waals surface area contributed by atoms with Crippen molar-refractivity contribution in [3.63, 3.8) is 0 Å². The standard InChI is InChI=1S/C17H30N4O3S2/c1-4-20(5-2)16(14-8-10-25-13-14)11-18-17(22)21-9-6-7-15(12-21)19-26(3,23)24/h8,10,13,15-16,19H,4-7,9,11-12H2,1-3H3,(H,18,22). The first kappa shape index (κ1) is 21.1. The number of hydrogen-bond donors (Lipinski definition) is 2. The van der Waals surface area contributed by atoms with Gasteiger partial charge in [-0.3, -0.25) is 4.90 Å². The van der Waals surface area contributed by atoms with E-state index >= 15 is 0 Å². The second-order valence-electron chi connectivity index (χ2n) is 6.65. The average molecular weight is 403 g/mol. The summed E-state index contributed by atoms with van der Waals surface area (Å²) >= 11 is 1.66. The van der Waals surface area contributed by atoms with Crippen LogP contribution in [0.3, 0.4) is 0 Å². The Labute approximate surface area is 160 Å². The van der Waals surface area contributed by atoms with Crippen molar-refractivity contribution in [2.75, 3.05) is 39.0 Å². The molecule has 1 aromatic heterocycles. The van der Waals surface area contributed by atoms with Crippen molar-refractivity contribution >= 4 is 27.4 Å². The molecule has 0 aromatic carbocycles. The lowest BCUT2D eigenvalue weighted by Crippen LogP contribution is -2.52. The summed E-state index contributed by atoms with van der Waals surface area (Å²) in [6, 6.07) is 1.92. The van der Waals surface area contributed by atoms with Gasteiger partial charge < -0.3 is 10.2 Å². The topological polar surface area (TPSA) is 81.8 Å². The zero-order valence-corrected chi connectivity index (χ0v) is 17.4. The number of hydrogen-bond acceptors (Lipinski definition) is 5. The number of nitrogens with zero attached hydrogens (tertiary/aromatic N) is 2. The molecule has 0 spiro atoms. The van der Waals surface area contributed by atoms with Crippen LogP contribution in [0, 0.1) is 0 Å². The van der Waals surface area contributed by atoms with E-state index in [4.69, 9.17) is 0 Å². The molecule has 2 heterocycles. The molecule has 0 radical (unpaired) electrons. The summed E-state index contributed by atoms with van der Waals surface area (Å²) in [5.74, 6) is 0. The lowest BCUT2D eigenvalue weighted by molar-refractivity contribution is 0.168.